The molecule has 0 atom stereocenters. The quantitative estimate of drug-likeness (QED) is 0.699. The Hall–Kier alpha value is -2.81. The van der Waals surface area contributed by atoms with Gasteiger partial charge in [0.2, 0.25) is 0 Å². The number of allylic oxidation sites excluding steroid dienone is 4. The molecule has 0 bridgehead atoms. The Bertz CT molecular complexity index is 880. The summed E-state index contributed by atoms with van der Waals surface area (Å²) in [5.41, 5.74) is 3.91. The Labute approximate surface area is 129 Å². The van der Waals surface area contributed by atoms with Gasteiger partial charge in [0.05, 0.1) is 11.2 Å². The van der Waals surface area contributed by atoms with Crippen molar-refractivity contribution in [1.82, 2.24) is 15.0 Å². The standard InChI is InChI=1S/C19H15N3/c1-2-8-14(9-3-1)18-15-10-4-5-11-16(15)21-19(22-18)17-12-6-7-13-20-17/h2,4-13H,1,3H2. The first-order chi connectivity index (χ1) is 10.9. The monoisotopic (exact) mass is 285 g/mol. The van der Waals surface area contributed by atoms with Crippen molar-refractivity contribution < 1.29 is 0 Å². The van der Waals surface area contributed by atoms with Crippen LogP contribution in [0.2, 0.25) is 0 Å². The molecule has 2 aromatic heterocycles. The molecule has 3 nitrogen and oxygen atoms in total. The lowest BCUT2D eigenvalue weighted by Crippen LogP contribution is -1.99. The van der Waals surface area contributed by atoms with Crippen LogP contribution >= 0.6 is 0 Å². The van der Waals surface area contributed by atoms with Crippen molar-refractivity contribution in [3.05, 3.63) is 72.6 Å². The van der Waals surface area contributed by atoms with Crippen LogP contribution in [0.5, 0.6) is 0 Å². The van der Waals surface area contributed by atoms with Crippen LogP contribution in [0, 0.1) is 0 Å². The summed E-state index contributed by atoms with van der Waals surface area (Å²) in [6.45, 7) is 0. The molecule has 1 aliphatic rings. The van der Waals surface area contributed by atoms with E-state index in [0.29, 0.717) is 5.82 Å². The third-order valence-electron chi connectivity index (χ3n) is 3.77. The van der Waals surface area contributed by atoms with Gasteiger partial charge in [-0.3, -0.25) is 4.98 Å². The highest BCUT2D eigenvalue weighted by atomic mass is 14.9. The molecule has 4 rings (SSSR count). The minimum absolute atomic E-state index is 0.675. The maximum Gasteiger partial charge on any atom is 0.179 e. The number of hydrogen-bond donors (Lipinski definition) is 0. The molecule has 2 heterocycles. The van der Waals surface area contributed by atoms with E-state index < -0.39 is 0 Å². The number of pyridine rings is 1. The van der Waals surface area contributed by atoms with Gasteiger partial charge in [-0.2, -0.15) is 0 Å². The minimum Gasteiger partial charge on any atom is -0.253 e. The lowest BCUT2D eigenvalue weighted by atomic mass is 10.0. The maximum atomic E-state index is 4.80. The van der Waals surface area contributed by atoms with Crippen LogP contribution in [0.4, 0.5) is 0 Å². The summed E-state index contributed by atoms with van der Waals surface area (Å²) in [6.07, 6.45) is 10.5. The summed E-state index contributed by atoms with van der Waals surface area (Å²) in [5.74, 6) is 0.675. The smallest absolute Gasteiger partial charge is 0.179 e. The maximum absolute atomic E-state index is 4.80. The summed E-state index contributed by atoms with van der Waals surface area (Å²) >= 11 is 0. The Morgan fingerprint density at radius 2 is 1.77 bits per heavy atom. The zero-order valence-corrected chi connectivity index (χ0v) is 12.1. The second kappa shape index (κ2) is 5.53. The van der Waals surface area contributed by atoms with Gasteiger partial charge in [-0.1, -0.05) is 42.5 Å². The zero-order valence-electron chi connectivity index (χ0n) is 12.1. The SMILES string of the molecule is C1=CC(c2nc(-c3ccccn3)nc3ccccc23)=CCC1. The van der Waals surface area contributed by atoms with E-state index in [9.17, 15) is 0 Å². The molecule has 0 saturated heterocycles. The van der Waals surface area contributed by atoms with Gasteiger partial charge in [-0.15, -0.1) is 0 Å². The molecular weight excluding hydrogens is 270 g/mol. The number of fused-ring (bicyclic) bond motifs is 1. The van der Waals surface area contributed by atoms with Crippen molar-refractivity contribution >= 4 is 16.5 Å². The average molecular weight is 285 g/mol. The third kappa shape index (κ3) is 2.31. The first kappa shape index (κ1) is 12.9. The molecule has 1 aromatic carbocycles. The fourth-order valence-corrected chi connectivity index (χ4v) is 2.70. The summed E-state index contributed by atoms with van der Waals surface area (Å²) in [4.78, 5) is 13.9. The second-order valence-corrected chi connectivity index (χ2v) is 5.27. The van der Waals surface area contributed by atoms with Gasteiger partial charge < -0.3 is 0 Å². The molecular formula is C19H15N3. The topological polar surface area (TPSA) is 38.7 Å². The molecule has 1 aliphatic carbocycles. The number of hydrogen-bond acceptors (Lipinski definition) is 3. The first-order valence-electron chi connectivity index (χ1n) is 7.47. The summed E-state index contributed by atoms with van der Waals surface area (Å²) in [7, 11) is 0. The van der Waals surface area contributed by atoms with Gasteiger partial charge in [-0.25, -0.2) is 9.97 Å². The normalized spacial score (nSPS) is 14.1. The minimum atomic E-state index is 0.675. The number of nitrogens with zero attached hydrogens (tertiary/aromatic N) is 3. The number of rotatable bonds is 2. The Morgan fingerprint density at radius 1 is 0.864 bits per heavy atom. The van der Waals surface area contributed by atoms with Crippen molar-refractivity contribution in [2.24, 2.45) is 0 Å². The lowest BCUT2D eigenvalue weighted by Gasteiger charge is -2.11. The fraction of sp³-hybridized carbons (Fsp3) is 0.105. The van der Waals surface area contributed by atoms with E-state index in [1.165, 1.54) is 5.57 Å². The van der Waals surface area contributed by atoms with E-state index in [1.807, 2.05) is 36.4 Å². The van der Waals surface area contributed by atoms with Gasteiger partial charge in [0.25, 0.3) is 0 Å². The highest BCUT2D eigenvalue weighted by Gasteiger charge is 2.12. The van der Waals surface area contributed by atoms with Crippen molar-refractivity contribution in [1.29, 1.82) is 0 Å². The summed E-state index contributed by atoms with van der Waals surface area (Å²) in [6, 6.07) is 13.9. The Balaban J connectivity index is 1.97. The second-order valence-electron chi connectivity index (χ2n) is 5.27. The van der Waals surface area contributed by atoms with E-state index in [2.05, 4.69) is 34.3 Å². The van der Waals surface area contributed by atoms with Gasteiger partial charge in [-0.05, 0) is 36.6 Å². The summed E-state index contributed by atoms with van der Waals surface area (Å²) in [5, 5.41) is 1.08. The van der Waals surface area contributed by atoms with E-state index in [1.54, 1.807) is 6.20 Å². The molecule has 0 unspecified atom stereocenters. The Morgan fingerprint density at radius 3 is 2.59 bits per heavy atom. The van der Waals surface area contributed by atoms with E-state index in [-0.39, 0.29) is 0 Å². The van der Waals surface area contributed by atoms with Crippen LogP contribution in [0.1, 0.15) is 18.5 Å². The van der Waals surface area contributed by atoms with Gasteiger partial charge >= 0.3 is 0 Å². The van der Waals surface area contributed by atoms with E-state index in [4.69, 9.17) is 4.98 Å². The van der Waals surface area contributed by atoms with Crippen LogP contribution in [-0.2, 0) is 0 Å². The zero-order chi connectivity index (χ0) is 14.8. The predicted molar refractivity (Wildman–Crippen MR) is 89.1 cm³/mol. The van der Waals surface area contributed by atoms with Crippen molar-refractivity contribution in [3.63, 3.8) is 0 Å². The van der Waals surface area contributed by atoms with Crippen LogP contribution in [0.3, 0.4) is 0 Å². The van der Waals surface area contributed by atoms with Crippen LogP contribution < -0.4 is 0 Å². The third-order valence-corrected chi connectivity index (χ3v) is 3.77. The summed E-state index contributed by atoms with van der Waals surface area (Å²) < 4.78 is 0. The predicted octanol–water partition coefficient (Wildman–Crippen LogP) is 4.43. The molecule has 0 radical (unpaired) electrons. The van der Waals surface area contributed by atoms with Gasteiger partial charge in [0, 0.05) is 11.6 Å². The largest absolute Gasteiger partial charge is 0.253 e. The number of aromatic nitrogens is 3. The van der Waals surface area contributed by atoms with Gasteiger partial charge in [0.1, 0.15) is 5.69 Å². The molecule has 0 fully saturated rings. The van der Waals surface area contributed by atoms with Crippen LogP contribution in [0.25, 0.3) is 28.0 Å². The molecule has 106 valence electrons. The highest BCUT2D eigenvalue weighted by molar-refractivity contribution is 5.93. The fourth-order valence-electron chi connectivity index (χ4n) is 2.70. The molecule has 0 spiro atoms. The van der Waals surface area contributed by atoms with Crippen LogP contribution in [-0.4, -0.2) is 15.0 Å². The van der Waals surface area contributed by atoms with Crippen molar-refractivity contribution in [3.8, 4) is 11.5 Å². The molecule has 0 saturated carbocycles. The molecule has 3 aromatic rings. The van der Waals surface area contributed by atoms with E-state index >= 15 is 0 Å². The lowest BCUT2D eigenvalue weighted by molar-refractivity contribution is 1.04. The molecule has 3 heteroatoms. The molecule has 22 heavy (non-hydrogen) atoms. The number of para-hydroxylation sites is 1. The van der Waals surface area contributed by atoms with Crippen molar-refractivity contribution in [2.75, 3.05) is 0 Å². The molecule has 0 amide bonds. The van der Waals surface area contributed by atoms with Crippen molar-refractivity contribution in [2.45, 2.75) is 12.8 Å². The van der Waals surface area contributed by atoms with E-state index in [0.717, 1.165) is 35.1 Å². The van der Waals surface area contributed by atoms with Crippen LogP contribution in [0.15, 0.2) is 66.9 Å². The first-order valence-corrected chi connectivity index (χ1v) is 7.47. The van der Waals surface area contributed by atoms with Gasteiger partial charge in [0.15, 0.2) is 5.82 Å². The molecule has 0 N–H and O–H groups in total. The molecule has 0 aliphatic heterocycles. The Kier molecular flexibility index (Phi) is 3.24. The average Bonchev–Trinajstić information content (AvgIpc) is 2.62. The highest BCUT2D eigenvalue weighted by Crippen LogP contribution is 2.28. The number of benzene rings is 1.